The van der Waals surface area contributed by atoms with Gasteiger partial charge in [-0.05, 0) is 34.5 Å². The van der Waals surface area contributed by atoms with Gasteiger partial charge in [0.1, 0.15) is 5.82 Å². The Hall–Kier alpha value is -0.610. The predicted molar refractivity (Wildman–Crippen MR) is 64.0 cm³/mol. The topological polar surface area (TPSA) is 34.2 Å². The quantitative estimate of drug-likeness (QED) is 0.914. The highest BCUT2D eigenvalue weighted by atomic mass is 79.9. The van der Waals surface area contributed by atoms with Crippen LogP contribution in [0, 0.1) is 5.41 Å². The second-order valence-corrected chi connectivity index (χ2v) is 5.26. The number of nitrogens with zero attached hydrogens (tertiary/aromatic N) is 1. The molecule has 0 bridgehead atoms. The van der Waals surface area contributed by atoms with Gasteiger partial charge in [0, 0.05) is 22.6 Å². The van der Waals surface area contributed by atoms with Gasteiger partial charge in [-0.25, -0.2) is 4.98 Å². The number of aromatic nitrogens is 1. The van der Waals surface area contributed by atoms with E-state index in [4.69, 9.17) is 4.74 Å². The highest BCUT2D eigenvalue weighted by Gasteiger charge is 2.32. The van der Waals surface area contributed by atoms with E-state index in [1.807, 2.05) is 12.1 Å². The highest BCUT2D eigenvalue weighted by Crippen LogP contribution is 2.30. The van der Waals surface area contributed by atoms with E-state index in [1.165, 1.54) is 0 Å². The smallest absolute Gasteiger partial charge is 0.125 e. The molecule has 4 heteroatoms. The molecule has 15 heavy (non-hydrogen) atoms. The minimum absolute atomic E-state index is 0.377. The highest BCUT2D eigenvalue weighted by molar-refractivity contribution is 9.10. The van der Waals surface area contributed by atoms with E-state index < -0.39 is 0 Å². The standard InChI is InChI=1S/C11H15BrN2O/c1-11(7-15-8-11)4-5-13-10-3-2-9(12)6-14-10/h2-3,6H,4-5,7-8H2,1H3,(H,13,14). The van der Waals surface area contributed by atoms with Crippen LogP contribution < -0.4 is 5.32 Å². The number of halogens is 1. The summed E-state index contributed by atoms with van der Waals surface area (Å²) in [6.45, 7) is 4.99. The van der Waals surface area contributed by atoms with E-state index in [1.54, 1.807) is 6.20 Å². The Kier molecular flexibility index (Phi) is 3.26. The summed E-state index contributed by atoms with van der Waals surface area (Å²) >= 11 is 3.36. The normalized spacial score (nSPS) is 18.3. The van der Waals surface area contributed by atoms with Gasteiger partial charge in [-0.3, -0.25) is 0 Å². The molecule has 0 unspecified atom stereocenters. The summed E-state index contributed by atoms with van der Waals surface area (Å²) < 4.78 is 6.21. The van der Waals surface area contributed by atoms with E-state index in [9.17, 15) is 0 Å². The first-order valence-electron chi connectivity index (χ1n) is 5.11. The second-order valence-electron chi connectivity index (χ2n) is 4.34. The first kappa shape index (κ1) is 10.9. The molecular formula is C11H15BrN2O. The van der Waals surface area contributed by atoms with Crippen molar-refractivity contribution in [3.63, 3.8) is 0 Å². The fourth-order valence-corrected chi connectivity index (χ4v) is 1.80. The lowest BCUT2D eigenvalue weighted by Gasteiger charge is -2.38. The number of ether oxygens (including phenoxy) is 1. The van der Waals surface area contributed by atoms with Crippen LogP contribution in [0.5, 0.6) is 0 Å². The van der Waals surface area contributed by atoms with Gasteiger partial charge in [-0.15, -0.1) is 0 Å². The number of rotatable bonds is 4. The maximum Gasteiger partial charge on any atom is 0.125 e. The largest absolute Gasteiger partial charge is 0.380 e. The lowest BCUT2D eigenvalue weighted by atomic mass is 9.85. The first-order chi connectivity index (χ1) is 7.18. The predicted octanol–water partition coefficient (Wildman–Crippen LogP) is 2.68. The average molecular weight is 271 g/mol. The van der Waals surface area contributed by atoms with E-state index in [-0.39, 0.29) is 0 Å². The number of anilines is 1. The Balaban J connectivity index is 1.76. The SMILES string of the molecule is CC1(CCNc2ccc(Br)cn2)COC1. The fraction of sp³-hybridized carbons (Fsp3) is 0.545. The Bertz CT molecular complexity index is 322. The third-order valence-electron chi connectivity index (χ3n) is 2.66. The fourth-order valence-electron chi connectivity index (χ4n) is 1.57. The van der Waals surface area contributed by atoms with Gasteiger partial charge >= 0.3 is 0 Å². The van der Waals surface area contributed by atoms with Crippen molar-refractivity contribution in [3.05, 3.63) is 22.8 Å². The van der Waals surface area contributed by atoms with Crippen molar-refractivity contribution in [2.24, 2.45) is 5.41 Å². The Morgan fingerprint density at radius 3 is 2.87 bits per heavy atom. The Morgan fingerprint density at radius 1 is 1.53 bits per heavy atom. The Labute approximate surface area is 98.4 Å². The van der Waals surface area contributed by atoms with Crippen molar-refractivity contribution in [1.29, 1.82) is 0 Å². The molecular weight excluding hydrogens is 256 g/mol. The number of nitrogens with one attached hydrogen (secondary N) is 1. The Morgan fingerprint density at radius 2 is 2.33 bits per heavy atom. The molecule has 1 N–H and O–H groups in total. The zero-order chi connectivity index (χ0) is 10.7. The summed E-state index contributed by atoms with van der Waals surface area (Å²) in [5, 5.41) is 3.31. The van der Waals surface area contributed by atoms with E-state index in [0.717, 1.165) is 36.5 Å². The molecule has 1 aromatic rings. The van der Waals surface area contributed by atoms with E-state index in [0.29, 0.717) is 5.41 Å². The number of hydrogen-bond acceptors (Lipinski definition) is 3. The molecule has 0 atom stereocenters. The number of pyridine rings is 1. The molecule has 1 saturated heterocycles. The first-order valence-corrected chi connectivity index (χ1v) is 5.90. The van der Waals surface area contributed by atoms with Gasteiger partial charge in [0.15, 0.2) is 0 Å². The molecule has 3 nitrogen and oxygen atoms in total. The molecule has 82 valence electrons. The summed E-state index contributed by atoms with van der Waals surface area (Å²) in [5.41, 5.74) is 0.377. The zero-order valence-electron chi connectivity index (χ0n) is 8.79. The van der Waals surface area contributed by atoms with Crippen LogP contribution in [-0.2, 0) is 4.74 Å². The molecule has 0 spiro atoms. The minimum Gasteiger partial charge on any atom is -0.380 e. The summed E-state index contributed by atoms with van der Waals surface area (Å²) in [5.74, 6) is 0.932. The van der Waals surface area contributed by atoms with Crippen LogP contribution in [0.4, 0.5) is 5.82 Å². The zero-order valence-corrected chi connectivity index (χ0v) is 10.4. The van der Waals surface area contributed by atoms with Crippen LogP contribution >= 0.6 is 15.9 Å². The van der Waals surface area contributed by atoms with Gasteiger partial charge in [0.05, 0.1) is 13.2 Å². The van der Waals surface area contributed by atoms with Gasteiger partial charge in [0.25, 0.3) is 0 Å². The maximum absolute atomic E-state index is 5.21. The van der Waals surface area contributed by atoms with Crippen LogP contribution in [0.3, 0.4) is 0 Å². The minimum atomic E-state index is 0.377. The monoisotopic (exact) mass is 270 g/mol. The van der Waals surface area contributed by atoms with Gasteiger partial charge in [-0.2, -0.15) is 0 Å². The molecule has 0 radical (unpaired) electrons. The van der Waals surface area contributed by atoms with Gasteiger partial charge < -0.3 is 10.1 Å². The van der Waals surface area contributed by atoms with Crippen molar-refractivity contribution in [1.82, 2.24) is 4.98 Å². The van der Waals surface area contributed by atoms with Crippen molar-refractivity contribution >= 4 is 21.7 Å². The summed E-state index contributed by atoms with van der Waals surface area (Å²) in [7, 11) is 0. The van der Waals surface area contributed by atoms with Crippen LogP contribution in [0.25, 0.3) is 0 Å². The maximum atomic E-state index is 5.21. The summed E-state index contributed by atoms with van der Waals surface area (Å²) in [4.78, 5) is 4.25. The second kappa shape index (κ2) is 4.49. The molecule has 2 heterocycles. The molecule has 1 fully saturated rings. The molecule has 0 aliphatic carbocycles. The summed E-state index contributed by atoms with van der Waals surface area (Å²) in [6, 6.07) is 3.97. The molecule has 0 amide bonds. The van der Waals surface area contributed by atoms with E-state index >= 15 is 0 Å². The lowest BCUT2D eigenvalue weighted by molar-refractivity contribution is -0.103. The molecule has 0 aromatic carbocycles. The van der Waals surface area contributed by atoms with Crippen LogP contribution in [-0.4, -0.2) is 24.7 Å². The molecule has 0 saturated carbocycles. The van der Waals surface area contributed by atoms with Crippen molar-refractivity contribution in [2.75, 3.05) is 25.1 Å². The lowest BCUT2D eigenvalue weighted by Crippen LogP contribution is -2.41. The van der Waals surface area contributed by atoms with Gasteiger partial charge in [0.2, 0.25) is 0 Å². The molecule has 1 aromatic heterocycles. The third kappa shape index (κ3) is 2.92. The van der Waals surface area contributed by atoms with Crippen LogP contribution in [0.2, 0.25) is 0 Å². The molecule has 1 aliphatic rings. The van der Waals surface area contributed by atoms with E-state index in [2.05, 4.69) is 33.2 Å². The average Bonchev–Trinajstić information content (AvgIpc) is 2.19. The van der Waals surface area contributed by atoms with Crippen molar-refractivity contribution in [3.8, 4) is 0 Å². The summed E-state index contributed by atoms with van der Waals surface area (Å²) in [6.07, 6.45) is 2.93. The van der Waals surface area contributed by atoms with Crippen LogP contribution in [0.15, 0.2) is 22.8 Å². The van der Waals surface area contributed by atoms with Gasteiger partial charge in [-0.1, -0.05) is 6.92 Å². The molecule has 2 rings (SSSR count). The molecule has 1 aliphatic heterocycles. The third-order valence-corrected chi connectivity index (χ3v) is 3.13. The van der Waals surface area contributed by atoms with Crippen molar-refractivity contribution < 1.29 is 4.74 Å². The van der Waals surface area contributed by atoms with Crippen molar-refractivity contribution in [2.45, 2.75) is 13.3 Å². The number of hydrogen-bond donors (Lipinski definition) is 1. The van der Waals surface area contributed by atoms with Crippen LogP contribution in [0.1, 0.15) is 13.3 Å².